The Balaban J connectivity index is 4.05. The van der Waals surface area contributed by atoms with Gasteiger partial charge in [0.1, 0.15) is 11.4 Å². The van der Waals surface area contributed by atoms with Gasteiger partial charge < -0.3 is 10.6 Å². The first-order valence-electron chi connectivity index (χ1n) is 4.18. The molecule has 0 spiro atoms. The predicted octanol–water partition coefficient (Wildman–Crippen LogP) is 0.178. The summed E-state index contributed by atoms with van der Waals surface area (Å²) >= 11 is 0. The van der Waals surface area contributed by atoms with Gasteiger partial charge in [-0.25, -0.2) is 10.9 Å². The first-order valence-corrected chi connectivity index (χ1v) is 4.18. The molecule has 1 rings (SSSR count). The molecule has 0 saturated carbocycles. The van der Waals surface area contributed by atoms with Gasteiger partial charge in [-0.3, -0.25) is 0 Å². The van der Waals surface area contributed by atoms with Gasteiger partial charge in [-0.15, -0.1) is 0 Å². The van der Waals surface area contributed by atoms with Gasteiger partial charge in [0, 0.05) is 0 Å². The zero-order chi connectivity index (χ0) is 15.0. The highest BCUT2D eigenvalue weighted by Gasteiger charge is 2.53. The molecule has 5 nitrogen and oxygen atoms in total. The zero-order valence-corrected chi connectivity index (χ0v) is 8.50. The second kappa shape index (κ2) is 4.33. The van der Waals surface area contributed by atoms with Gasteiger partial charge in [0.25, 0.3) is 0 Å². The molecular weight excluding hydrogens is 282 g/mol. The number of rotatable bonds is 0. The normalized spacial score (nSPS) is 11.8. The van der Waals surface area contributed by atoms with Crippen LogP contribution in [0.1, 0.15) is 5.69 Å². The van der Waals surface area contributed by atoms with Crippen molar-refractivity contribution in [1.29, 1.82) is 5.26 Å². The van der Waals surface area contributed by atoms with Crippen molar-refractivity contribution in [2.75, 3.05) is 0 Å². The first-order chi connectivity index (χ1) is 8.54. The van der Waals surface area contributed by atoms with E-state index in [0.717, 1.165) is 11.9 Å². The van der Waals surface area contributed by atoms with E-state index in [4.69, 9.17) is 15.9 Å². The van der Waals surface area contributed by atoms with Crippen LogP contribution in [0.2, 0.25) is 0 Å². The second-order valence-corrected chi connectivity index (χ2v) is 3.04. The van der Waals surface area contributed by atoms with E-state index < -0.39 is 39.2 Å². The minimum absolute atomic E-state index is 0.713. The average molecular weight is 283 g/mol. The van der Waals surface area contributed by atoms with Gasteiger partial charge in [-0.05, 0) is 0 Å². The number of hydrogen-bond donors (Lipinski definition) is 1. The molecule has 1 heterocycles. The Bertz CT molecular complexity index is 669. The summed E-state index contributed by atoms with van der Waals surface area (Å²) in [6.45, 7) is 0. The number of hydrogen-bond acceptors (Lipinski definition) is 3. The predicted molar refractivity (Wildman–Crippen MR) is 46.4 cm³/mol. The molecule has 19 heavy (non-hydrogen) atoms. The fraction of sp³-hybridized carbons (Fsp3) is 0.250. The molecule has 102 valence electrons. The molecule has 0 aromatic carbocycles. The summed E-state index contributed by atoms with van der Waals surface area (Å²) in [5.74, 6) is 1.07. The lowest BCUT2D eigenvalue weighted by molar-refractivity contribution is -0.139. The van der Waals surface area contributed by atoms with Crippen molar-refractivity contribution >= 4 is 11.4 Å². The van der Waals surface area contributed by atoms with Crippen molar-refractivity contribution < 1.29 is 31.5 Å². The molecular formula is C8HF6N4O-. The van der Waals surface area contributed by atoms with Gasteiger partial charge in [-0.1, -0.05) is 0 Å². The van der Waals surface area contributed by atoms with E-state index >= 15 is 0 Å². The summed E-state index contributed by atoms with van der Waals surface area (Å²) in [4.78, 5) is 2.68. The Labute approximate surface area is 99.3 Å². The molecule has 11 heteroatoms. The number of imidazole rings is 1. The minimum Gasteiger partial charge on any atom is -0.761 e. The number of nitriles is 1. The van der Waals surface area contributed by atoms with Crippen molar-refractivity contribution in [1.82, 2.24) is 9.71 Å². The van der Waals surface area contributed by atoms with Crippen LogP contribution in [0.25, 0.3) is 11.0 Å². The SMILES string of the molecule is N#Cc1nc(=C(C(F)(F)F)C(F)(F)F)n(O)c1=C=[N-]. The van der Waals surface area contributed by atoms with Crippen LogP contribution >= 0.6 is 0 Å². The van der Waals surface area contributed by atoms with Crippen molar-refractivity contribution in [2.24, 2.45) is 0 Å². The van der Waals surface area contributed by atoms with Gasteiger partial charge in [0.15, 0.2) is 16.7 Å². The van der Waals surface area contributed by atoms with E-state index in [1.807, 2.05) is 0 Å². The fourth-order valence-corrected chi connectivity index (χ4v) is 1.17. The van der Waals surface area contributed by atoms with Gasteiger partial charge in [0.2, 0.25) is 0 Å². The van der Waals surface area contributed by atoms with Gasteiger partial charge in [0.05, 0.1) is 0 Å². The topological polar surface area (TPSA) is 84.1 Å². The van der Waals surface area contributed by atoms with Gasteiger partial charge >= 0.3 is 12.4 Å². The lowest BCUT2D eigenvalue weighted by Crippen LogP contribution is -2.38. The molecule has 1 N–H and O–H groups in total. The smallest absolute Gasteiger partial charge is 0.425 e. The van der Waals surface area contributed by atoms with Crippen LogP contribution in [0.3, 0.4) is 0 Å². The van der Waals surface area contributed by atoms with E-state index in [1.54, 1.807) is 0 Å². The molecule has 1 aromatic rings. The molecule has 0 fully saturated rings. The Morgan fingerprint density at radius 1 is 1.21 bits per heavy atom. The average Bonchev–Trinajstić information content (AvgIpc) is 2.51. The van der Waals surface area contributed by atoms with Crippen LogP contribution < -0.4 is 10.8 Å². The quantitative estimate of drug-likeness (QED) is 0.418. The molecule has 0 aliphatic carbocycles. The molecule has 0 amide bonds. The standard InChI is InChI=1S/C8HF6N4O/c9-7(10,11)5(8(12,13)14)6-17-3(1-15)4(2-16)18(6)19/h19H/q-1. The summed E-state index contributed by atoms with van der Waals surface area (Å²) in [6, 6.07) is 1.10. The Kier molecular flexibility index (Phi) is 3.32. The maximum atomic E-state index is 12.3. The molecule has 0 saturated heterocycles. The highest BCUT2D eigenvalue weighted by atomic mass is 19.4. The number of halogens is 6. The summed E-state index contributed by atoms with van der Waals surface area (Å²) in [6.07, 6.45) is -11.7. The third-order valence-electron chi connectivity index (χ3n) is 1.86. The van der Waals surface area contributed by atoms with E-state index in [2.05, 4.69) is 4.98 Å². The summed E-state index contributed by atoms with van der Waals surface area (Å²) in [7, 11) is 0. The monoisotopic (exact) mass is 283 g/mol. The third kappa shape index (κ3) is 2.53. The molecule has 0 atom stereocenters. The summed E-state index contributed by atoms with van der Waals surface area (Å²) < 4.78 is 73.3. The maximum Gasteiger partial charge on any atom is 0.425 e. The zero-order valence-electron chi connectivity index (χ0n) is 8.50. The minimum atomic E-state index is -5.87. The molecule has 0 aliphatic rings. The van der Waals surface area contributed by atoms with E-state index in [1.165, 1.54) is 0 Å². The fourth-order valence-electron chi connectivity index (χ4n) is 1.17. The molecule has 1 aromatic heterocycles. The third-order valence-corrected chi connectivity index (χ3v) is 1.86. The number of nitrogens with zero attached hydrogens (tertiary/aromatic N) is 4. The van der Waals surface area contributed by atoms with Gasteiger partial charge in [-0.2, -0.15) is 36.3 Å². The molecule has 0 bridgehead atoms. The van der Waals surface area contributed by atoms with Crippen LogP contribution in [-0.4, -0.2) is 33.1 Å². The maximum absolute atomic E-state index is 12.3. The molecule has 0 aliphatic heterocycles. The Morgan fingerprint density at radius 2 is 1.68 bits per heavy atom. The van der Waals surface area contributed by atoms with Crippen LogP contribution in [-0.2, 0) is 0 Å². The van der Waals surface area contributed by atoms with Crippen LogP contribution in [0.5, 0.6) is 0 Å². The van der Waals surface area contributed by atoms with Crippen molar-refractivity contribution in [3.05, 3.63) is 21.9 Å². The highest BCUT2D eigenvalue weighted by Crippen LogP contribution is 2.38. The van der Waals surface area contributed by atoms with Crippen LogP contribution in [0, 0.1) is 11.3 Å². The largest absolute Gasteiger partial charge is 0.761 e. The Hall–Kier alpha value is -2.47. The molecule has 0 unspecified atom stereocenters. The van der Waals surface area contributed by atoms with Crippen molar-refractivity contribution in [3.63, 3.8) is 0 Å². The summed E-state index contributed by atoms with van der Waals surface area (Å²) in [5, 5.41) is 24.8. The number of aromatic nitrogens is 2. The van der Waals surface area contributed by atoms with Crippen molar-refractivity contribution in [2.45, 2.75) is 12.4 Å². The van der Waals surface area contributed by atoms with E-state index in [9.17, 15) is 26.3 Å². The lowest BCUT2D eigenvalue weighted by Gasteiger charge is -2.13. The summed E-state index contributed by atoms with van der Waals surface area (Å²) in [5.41, 5.74) is -6.13. The second-order valence-electron chi connectivity index (χ2n) is 3.04. The van der Waals surface area contributed by atoms with Crippen LogP contribution in [0.15, 0.2) is 0 Å². The van der Waals surface area contributed by atoms with Crippen LogP contribution in [0.4, 0.5) is 26.3 Å². The highest BCUT2D eigenvalue weighted by molar-refractivity contribution is 5.58. The van der Waals surface area contributed by atoms with Crippen molar-refractivity contribution in [3.8, 4) is 6.07 Å². The Morgan fingerprint density at radius 3 is 1.95 bits per heavy atom. The lowest BCUT2D eigenvalue weighted by atomic mass is 10.2. The first kappa shape index (κ1) is 14.6. The number of alkyl halides is 6. The van der Waals surface area contributed by atoms with E-state index in [0.29, 0.717) is 0 Å². The molecule has 0 radical (unpaired) electrons. The van der Waals surface area contributed by atoms with E-state index in [-0.39, 0.29) is 0 Å².